The van der Waals surface area contributed by atoms with Crippen molar-refractivity contribution >= 4 is 5.91 Å². The minimum Gasteiger partial charge on any atom is -0.379 e. The second kappa shape index (κ2) is 9.29. The van der Waals surface area contributed by atoms with Crippen molar-refractivity contribution in [3.8, 4) is 0 Å². The van der Waals surface area contributed by atoms with E-state index in [0.29, 0.717) is 6.54 Å². The number of morpholine rings is 1. The molecule has 2 saturated heterocycles. The van der Waals surface area contributed by atoms with E-state index >= 15 is 0 Å². The second-order valence-corrected chi connectivity index (χ2v) is 6.87. The van der Waals surface area contributed by atoms with E-state index in [9.17, 15) is 4.79 Å². The van der Waals surface area contributed by atoms with E-state index in [4.69, 9.17) is 15.2 Å². The van der Waals surface area contributed by atoms with Crippen molar-refractivity contribution in [3.05, 3.63) is 35.9 Å². The number of amides is 1. The Balaban J connectivity index is 1.59. The highest BCUT2D eigenvalue weighted by Gasteiger charge is 2.31. The molecule has 0 radical (unpaired) electrons. The summed E-state index contributed by atoms with van der Waals surface area (Å²) in [6.45, 7) is 4.65. The maximum Gasteiger partial charge on any atom is 0.249 e. The number of hydrogen-bond acceptors (Lipinski definition) is 5. The molecular weight excluding hydrogens is 318 g/mol. The molecule has 1 aromatic rings. The minimum atomic E-state index is -0.364. The number of ether oxygens (including phenoxy) is 2. The van der Waals surface area contributed by atoms with Gasteiger partial charge in [-0.25, -0.2) is 0 Å². The van der Waals surface area contributed by atoms with Crippen LogP contribution in [0.1, 0.15) is 18.4 Å². The minimum absolute atomic E-state index is 0.00913. The van der Waals surface area contributed by atoms with Crippen molar-refractivity contribution in [2.75, 3.05) is 39.4 Å². The third kappa shape index (κ3) is 5.51. The predicted octanol–water partition coefficient (Wildman–Crippen LogP) is 0.552. The average molecular weight is 347 g/mol. The highest BCUT2D eigenvalue weighted by Crippen LogP contribution is 2.19. The summed E-state index contributed by atoms with van der Waals surface area (Å²) in [4.78, 5) is 15.0. The van der Waals surface area contributed by atoms with Crippen molar-refractivity contribution in [3.63, 3.8) is 0 Å². The number of nitrogens with zero attached hydrogens (tertiary/aromatic N) is 1. The molecule has 2 aliphatic heterocycles. The predicted molar refractivity (Wildman–Crippen MR) is 96.3 cm³/mol. The Kier molecular flexibility index (Phi) is 6.81. The Morgan fingerprint density at radius 1 is 1.24 bits per heavy atom. The molecule has 0 bridgehead atoms. The molecule has 1 amide bonds. The summed E-state index contributed by atoms with van der Waals surface area (Å²) in [6, 6.07) is 10.4. The van der Waals surface area contributed by atoms with Crippen LogP contribution in [0, 0.1) is 0 Å². The van der Waals surface area contributed by atoms with Gasteiger partial charge in [-0.15, -0.1) is 0 Å². The topological polar surface area (TPSA) is 76.8 Å². The first kappa shape index (κ1) is 18.3. The van der Waals surface area contributed by atoms with Crippen LogP contribution in [0.3, 0.4) is 0 Å². The number of benzene rings is 1. The molecule has 3 atom stereocenters. The number of nitrogens with one attached hydrogen (secondary N) is 1. The van der Waals surface area contributed by atoms with Crippen LogP contribution in [0.2, 0.25) is 0 Å². The number of carbonyl (C=O) groups is 1. The molecule has 3 rings (SSSR count). The summed E-state index contributed by atoms with van der Waals surface area (Å²) in [5.74, 6) is -0.00913. The standard InChI is InChI=1S/C19H29N3O3/c20-13-17-6-7-18(25-17)19(23)21-16(12-15-4-2-1-3-5-15)14-22-8-10-24-11-9-22/h1-5,16-18H,6-14,20H2,(H,21,23)/t16?,17-,18+/m1/s1. The fourth-order valence-electron chi connectivity index (χ4n) is 3.52. The molecule has 2 aliphatic rings. The molecule has 2 heterocycles. The number of hydrogen-bond donors (Lipinski definition) is 2. The lowest BCUT2D eigenvalue weighted by Crippen LogP contribution is -2.50. The summed E-state index contributed by atoms with van der Waals surface area (Å²) < 4.78 is 11.2. The highest BCUT2D eigenvalue weighted by molar-refractivity contribution is 5.81. The first-order valence-electron chi connectivity index (χ1n) is 9.24. The van der Waals surface area contributed by atoms with E-state index < -0.39 is 0 Å². The van der Waals surface area contributed by atoms with E-state index in [1.807, 2.05) is 18.2 Å². The van der Waals surface area contributed by atoms with E-state index in [2.05, 4.69) is 22.3 Å². The van der Waals surface area contributed by atoms with Crippen molar-refractivity contribution in [1.29, 1.82) is 0 Å². The third-order valence-corrected chi connectivity index (χ3v) is 4.92. The maximum atomic E-state index is 12.6. The number of carbonyl (C=O) groups excluding carboxylic acids is 1. The molecule has 3 N–H and O–H groups in total. The van der Waals surface area contributed by atoms with E-state index in [1.165, 1.54) is 5.56 Å². The normalized spacial score (nSPS) is 25.6. The SMILES string of the molecule is NC[C@H]1CC[C@@H](C(=O)NC(Cc2ccccc2)CN2CCOCC2)O1. The molecular formula is C19H29N3O3. The highest BCUT2D eigenvalue weighted by atomic mass is 16.5. The van der Waals surface area contributed by atoms with Crippen molar-refractivity contribution in [2.45, 2.75) is 37.5 Å². The van der Waals surface area contributed by atoms with Crippen molar-refractivity contribution < 1.29 is 14.3 Å². The molecule has 25 heavy (non-hydrogen) atoms. The number of rotatable bonds is 7. The van der Waals surface area contributed by atoms with Crippen LogP contribution in [0.4, 0.5) is 0 Å². The lowest BCUT2D eigenvalue weighted by atomic mass is 10.0. The summed E-state index contributed by atoms with van der Waals surface area (Å²) in [6.07, 6.45) is 2.08. The number of nitrogens with two attached hydrogens (primary N) is 1. The molecule has 0 saturated carbocycles. The van der Waals surface area contributed by atoms with E-state index in [1.54, 1.807) is 0 Å². The fourth-order valence-corrected chi connectivity index (χ4v) is 3.52. The Morgan fingerprint density at radius 2 is 2.00 bits per heavy atom. The van der Waals surface area contributed by atoms with Gasteiger partial charge in [0.25, 0.3) is 0 Å². The zero-order valence-electron chi connectivity index (χ0n) is 14.7. The molecule has 0 aliphatic carbocycles. The van der Waals surface area contributed by atoms with E-state index in [-0.39, 0.29) is 24.2 Å². The first-order valence-corrected chi connectivity index (χ1v) is 9.24. The molecule has 2 fully saturated rings. The Hall–Kier alpha value is -1.47. The van der Waals surface area contributed by atoms with Gasteiger partial charge in [-0.2, -0.15) is 0 Å². The Bertz CT molecular complexity index is 534. The van der Waals surface area contributed by atoms with Gasteiger partial charge < -0.3 is 20.5 Å². The van der Waals surface area contributed by atoms with Gasteiger partial charge in [-0.3, -0.25) is 9.69 Å². The Morgan fingerprint density at radius 3 is 2.68 bits per heavy atom. The van der Waals surface area contributed by atoms with Crippen LogP contribution in [-0.2, 0) is 20.7 Å². The first-order chi connectivity index (χ1) is 12.2. The lowest BCUT2D eigenvalue weighted by Gasteiger charge is -2.31. The van der Waals surface area contributed by atoms with Crippen LogP contribution >= 0.6 is 0 Å². The fraction of sp³-hybridized carbons (Fsp3) is 0.632. The lowest BCUT2D eigenvalue weighted by molar-refractivity contribution is -0.132. The van der Waals surface area contributed by atoms with Crippen LogP contribution in [0.25, 0.3) is 0 Å². The van der Waals surface area contributed by atoms with Crippen LogP contribution in [-0.4, -0.2) is 68.4 Å². The van der Waals surface area contributed by atoms with Gasteiger partial charge in [0.1, 0.15) is 6.10 Å². The molecule has 6 nitrogen and oxygen atoms in total. The van der Waals surface area contributed by atoms with Gasteiger partial charge in [-0.05, 0) is 24.8 Å². The molecule has 0 aromatic heterocycles. The summed E-state index contributed by atoms with van der Waals surface area (Å²) in [5, 5.41) is 3.21. The molecule has 0 spiro atoms. The van der Waals surface area contributed by atoms with Crippen LogP contribution in [0.5, 0.6) is 0 Å². The van der Waals surface area contributed by atoms with Gasteiger partial charge in [0.05, 0.1) is 19.3 Å². The van der Waals surface area contributed by atoms with Crippen molar-refractivity contribution in [1.82, 2.24) is 10.2 Å². The Labute approximate surface area is 149 Å². The molecule has 1 unspecified atom stereocenters. The van der Waals surface area contributed by atoms with Gasteiger partial charge in [0.15, 0.2) is 0 Å². The molecule has 1 aromatic carbocycles. The van der Waals surface area contributed by atoms with Gasteiger partial charge in [0, 0.05) is 32.2 Å². The smallest absolute Gasteiger partial charge is 0.249 e. The monoisotopic (exact) mass is 347 g/mol. The quantitative estimate of drug-likeness (QED) is 0.753. The van der Waals surface area contributed by atoms with Crippen molar-refractivity contribution in [2.24, 2.45) is 5.73 Å². The van der Waals surface area contributed by atoms with Crippen LogP contribution < -0.4 is 11.1 Å². The average Bonchev–Trinajstić information content (AvgIpc) is 3.13. The summed E-state index contributed by atoms with van der Waals surface area (Å²) in [7, 11) is 0. The zero-order chi connectivity index (χ0) is 17.5. The molecule has 138 valence electrons. The summed E-state index contributed by atoms with van der Waals surface area (Å²) in [5.41, 5.74) is 6.88. The van der Waals surface area contributed by atoms with E-state index in [0.717, 1.165) is 52.1 Å². The van der Waals surface area contributed by atoms with Gasteiger partial charge >= 0.3 is 0 Å². The zero-order valence-corrected chi connectivity index (χ0v) is 14.7. The third-order valence-electron chi connectivity index (χ3n) is 4.92. The van der Waals surface area contributed by atoms with Gasteiger partial charge in [-0.1, -0.05) is 30.3 Å². The van der Waals surface area contributed by atoms with Crippen LogP contribution in [0.15, 0.2) is 30.3 Å². The van der Waals surface area contributed by atoms with Gasteiger partial charge in [0.2, 0.25) is 5.91 Å². The second-order valence-electron chi connectivity index (χ2n) is 6.87. The summed E-state index contributed by atoms with van der Waals surface area (Å²) >= 11 is 0. The molecule has 6 heteroatoms. The maximum absolute atomic E-state index is 12.6. The largest absolute Gasteiger partial charge is 0.379 e.